The summed E-state index contributed by atoms with van der Waals surface area (Å²) in [5, 5.41) is 2.54. The van der Waals surface area contributed by atoms with Crippen LogP contribution in [0.15, 0.2) is 34.9 Å². The molecule has 21 heavy (non-hydrogen) atoms. The number of halogens is 1. The molecule has 0 bridgehead atoms. The summed E-state index contributed by atoms with van der Waals surface area (Å²) in [6.07, 6.45) is 1.41. The van der Waals surface area contributed by atoms with Crippen LogP contribution < -0.4 is 5.32 Å². The second-order valence-electron chi connectivity index (χ2n) is 4.27. The van der Waals surface area contributed by atoms with Crippen LogP contribution in [0.5, 0.6) is 0 Å². The Bertz CT molecular complexity index is 610. The highest BCUT2D eigenvalue weighted by atomic mass is 35.5. The molecule has 0 unspecified atom stereocenters. The number of thiophene rings is 1. The van der Waals surface area contributed by atoms with Crippen molar-refractivity contribution < 1.29 is 14.0 Å². The Morgan fingerprint density at radius 1 is 1.38 bits per heavy atom. The molecule has 2 aromatic heterocycles. The molecule has 7 heteroatoms. The van der Waals surface area contributed by atoms with Gasteiger partial charge >= 0.3 is 0 Å². The van der Waals surface area contributed by atoms with Crippen LogP contribution >= 0.6 is 22.9 Å². The molecule has 2 heterocycles. The minimum absolute atomic E-state index is 0.0630. The maximum atomic E-state index is 12.1. The van der Waals surface area contributed by atoms with E-state index < -0.39 is 5.91 Å². The smallest absolute Gasteiger partial charge is 0.287 e. The summed E-state index contributed by atoms with van der Waals surface area (Å²) < 4.78 is 5.66. The van der Waals surface area contributed by atoms with Gasteiger partial charge in [0.05, 0.1) is 23.7 Å². The van der Waals surface area contributed by atoms with Crippen molar-refractivity contribution in [2.24, 2.45) is 0 Å². The Labute approximate surface area is 131 Å². The van der Waals surface area contributed by atoms with Gasteiger partial charge in [-0.25, -0.2) is 0 Å². The van der Waals surface area contributed by atoms with Gasteiger partial charge in [-0.15, -0.1) is 11.3 Å². The average molecular weight is 327 g/mol. The van der Waals surface area contributed by atoms with Crippen molar-refractivity contribution in [2.75, 3.05) is 13.1 Å². The lowest BCUT2D eigenvalue weighted by Gasteiger charge is -2.20. The number of rotatable bonds is 6. The number of carbonyl (C=O) groups is 2. The van der Waals surface area contributed by atoms with E-state index in [1.54, 1.807) is 23.1 Å². The Balaban J connectivity index is 1.87. The minimum atomic E-state index is -0.399. The van der Waals surface area contributed by atoms with Gasteiger partial charge in [0.15, 0.2) is 5.76 Å². The summed E-state index contributed by atoms with van der Waals surface area (Å²) in [6.45, 7) is 2.88. The van der Waals surface area contributed by atoms with E-state index in [4.69, 9.17) is 16.0 Å². The molecule has 112 valence electrons. The molecule has 0 fully saturated rings. The zero-order valence-electron chi connectivity index (χ0n) is 11.5. The second-order valence-corrected chi connectivity index (χ2v) is 6.07. The van der Waals surface area contributed by atoms with E-state index in [1.165, 1.54) is 17.6 Å². The lowest BCUT2D eigenvalue weighted by atomic mass is 10.3. The number of furan rings is 1. The molecule has 5 nitrogen and oxygen atoms in total. The van der Waals surface area contributed by atoms with Gasteiger partial charge in [-0.05, 0) is 31.2 Å². The predicted molar refractivity (Wildman–Crippen MR) is 81.5 cm³/mol. The topological polar surface area (TPSA) is 62.6 Å². The second kappa shape index (κ2) is 7.28. The largest absolute Gasteiger partial charge is 0.459 e. The standard InChI is InChI=1S/C14H15ClN2O3S/c1-2-17(9-10-5-6-12(15)21-10)13(18)8-16-14(19)11-4-3-7-20-11/h3-7H,2,8-9H2,1H3,(H,16,19). The molecule has 0 aliphatic heterocycles. The molecule has 0 atom stereocenters. The van der Waals surface area contributed by atoms with Crippen LogP contribution in [0, 0.1) is 0 Å². The highest BCUT2D eigenvalue weighted by molar-refractivity contribution is 7.16. The third kappa shape index (κ3) is 4.34. The SMILES string of the molecule is CCN(Cc1ccc(Cl)s1)C(=O)CNC(=O)c1ccco1. The van der Waals surface area contributed by atoms with Crippen LogP contribution in [0.25, 0.3) is 0 Å². The molecule has 2 aromatic rings. The number of hydrogen-bond acceptors (Lipinski definition) is 4. The molecule has 0 radical (unpaired) electrons. The highest BCUT2D eigenvalue weighted by Crippen LogP contribution is 2.22. The fourth-order valence-electron chi connectivity index (χ4n) is 1.76. The average Bonchev–Trinajstić information content (AvgIpc) is 3.13. The summed E-state index contributed by atoms with van der Waals surface area (Å²) in [5.74, 6) is -0.360. The van der Waals surface area contributed by atoms with E-state index in [1.807, 2.05) is 13.0 Å². The zero-order chi connectivity index (χ0) is 15.2. The third-order valence-corrected chi connectivity index (χ3v) is 4.07. The fourth-order valence-corrected chi connectivity index (χ4v) is 2.87. The molecule has 2 amide bonds. The van der Waals surface area contributed by atoms with Crippen molar-refractivity contribution in [1.29, 1.82) is 0 Å². The van der Waals surface area contributed by atoms with Gasteiger partial charge in [0, 0.05) is 11.4 Å². The summed E-state index contributed by atoms with van der Waals surface area (Å²) in [7, 11) is 0. The van der Waals surface area contributed by atoms with E-state index in [0.717, 1.165) is 4.88 Å². The van der Waals surface area contributed by atoms with Crippen molar-refractivity contribution in [2.45, 2.75) is 13.5 Å². The van der Waals surface area contributed by atoms with Crippen LogP contribution in [0.4, 0.5) is 0 Å². The maximum absolute atomic E-state index is 12.1. The van der Waals surface area contributed by atoms with Crippen LogP contribution in [-0.4, -0.2) is 29.8 Å². The van der Waals surface area contributed by atoms with Gasteiger partial charge in [-0.3, -0.25) is 9.59 Å². The lowest BCUT2D eigenvalue weighted by Crippen LogP contribution is -2.39. The van der Waals surface area contributed by atoms with Gasteiger partial charge in [-0.1, -0.05) is 11.6 Å². The third-order valence-electron chi connectivity index (χ3n) is 2.86. The number of nitrogens with zero attached hydrogens (tertiary/aromatic N) is 1. The fraction of sp³-hybridized carbons (Fsp3) is 0.286. The van der Waals surface area contributed by atoms with Gasteiger partial charge in [0.1, 0.15) is 0 Å². The first-order valence-electron chi connectivity index (χ1n) is 6.44. The molecule has 0 aliphatic rings. The van der Waals surface area contributed by atoms with Gasteiger partial charge in [-0.2, -0.15) is 0 Å². The molecule has 0 aliphatic carbocycles. The maximum Gasteiger partial charge on any atom is 0.287 e. The number of hydrogen-bond donors (Lipinski definition) is 1. The highest BCUT2D eigenvalue weighted by Gasteiger charge is 2.15. The van der Waals surface area contributed by atoms with E-state index in [-0.39, 0.29) is 18.2 Å². The number of likely N-dealkylation sites (N-methyl/N-ethyl adjacent to an activating group) is 1. The van der Waals surface area contributed by atoms with E-state index in [2.05, 4.69) is 5.32 Å². The first-order chi connectivity index (χ1) is 10.1. The van der Waals surface area contributed by atoms with Crippen LogP contribution in [0.3, 0.4) is 0 Å². The first kappa shape index (κ1) is 15.6. The summed E-state index contributed by atoms with van der Waals surface area (Å²) in [4.78, 5) is 26.5. The Hall–Kier alpha value is -1.79. The van der Waals surface area contributed by atoms with Crippen LogP contribution in [0.2, 0.25) is 4.34 Å². The number of carbonyl (C=O) groups excluding carboxylic acids is 2. The van der Waals surface area contributed by atoms with E-state index in [9.17, 15) is 9.59 Å². The quantitative estimate of drug-likeness (QED) is 0.887. The summed E-state index contributed by atoms with van der Waals surface area (Å²) in [5.41, 5.74) is 0. The Kier molecular flexibility index (Phi) is 5.41. The normalized spacial score (nSPS) is 10.4. The van der Waals surface area contributed by atoms with Gasteiger partial charge in [0.25, 0.3) is 5.91 Å². The molecular weight excluding hydrogens is 312 g/mol. The van der Waals surface area contributed by atoms with Crippen molar-refractivity contribution in [3.63, 3.8) is 0 Å². The van der Waals surface area contributed by atoms with Crippen LogP contribution in [0.1, 0.15) is 22.4 Å². The molecule has 0 saturated carbocycles. The molecule has 1 N–H and O–H groups in total. The van der Waals surface area contributed by atoms with Gasteiger partial charge in [0.2, 0.25) is 5.91 Å². The van der Waals surface area contributed by atoms with Crippen molar-refractivity contribution in [3.05, 3.63) is 45.5 Å². The minimum Gasteiger partial charge on any atom is -0.459 e. The van der Waals surface area contributed by atoms with Crippen molar-refractivity contribution in [3.8, 4) is 0 Å². The summed E-state index contributed by atoms with van der Waals surface area (Å²) >= 11 is 7.31. The Morgan fingerprint density at radius 2 is 2.19 bits per heavy atom. The molecule has 0 saturated heterocycles. The van der Waals surface area contributed by atoms with Crippen molar-refractivity contribution >= 4 is 34.8 Å². The van der Waals surface area contributed by atoms with Crippen molar-refractivity contribution in [1.82, 2.24) is 10.2 Å². The lowest BCUT2D eigenvalue weighted by molar-refractivity contribution is -0.130. The monoisotopic (exact) mass is 326 g/mol. The predicted octanol–water partition coefficient (Wildman–Crippen LogP) is 2.77. The van der Waals surface area contributed by atoms with Crippen LogP contribution in [-0.2, 0) is 11.3 Å². The molecular formula is C14H15ClN2O3S. The van der Waals surface area contributed by atoms with Gasteiger partial charge < -0.3 is 14.6 Å². The number of nitrogens with one attached hydrogen (secondary N) is 1. The molecule has 0 aromatic carbocycles. The Morgan fingerprint density at radius 3 is 2.76 bits per heavy atom. The first-order valence-corrected chi connectivity index (χ1v) is 7.63. The molecule has 2 rings (SSSR count). The van der Waals surface area contributed by atoms with E-state index in [0.29, 0.717) is 17.4 Å². The summed E-state index contributed by atoms with van der Waals surface area (Å²) in [6, 6.07) is 6.86. The zero-order valence-corrected chi connectivity index (χ0v) is 13.0. The van der Waals surface area contributed by atoms with E-state index >= 15 is 0 Å². The number of amides is 2. The molecule has 0 spiro atoms.